The van der Waals surface area contributed by atoms with Gasteiger partial charge in [-0.3, -0.25) is 25.0 Å². The number of nitrogens with zero attached hydrogens (tertiary/aromatic N) is 3. The Kier molecular flexibility index (Phi) is 11.6. The van der Waals surface area contributed by atoms with E-state index in [4.69, 9.17) is 11.6 Å². The van der Waals surface area contributed by atoms with Gasteiger partial charge in [0.1, 0.15) is 19.2 Å². The van der Waals surface area contributed by atoms with E-state index in [9.17, 15) is 35.9 Å². The smallest absolute Gasteiger partial charge is 0.333 e. The lowest BCUT2D eigenvalue weighted by atomic mass is 10.1. The zero-order chi connectivity index (χ0) is 29.3. The Labute approximate surface area is 226 Å². The zero-order valence-corrected chi connectivity index (χ0v) is 22.0. The molecular weight excluding hydrogens is 552 g/mol. The van der Waals surface area contributed by atoms with Gasteiger partial charge in [0.25, 0.3) is 11.8 Å². The summed E-state index contributed by atoms with van der Waals surface area (Å²) in [5.41, 5.74) is 1.33. The molecule has 214 valence electrons. The van der Waals surface area contributed by atoms with E-state index in [0.29, 0.717) is 29.6 Å². The number of benzene rings is 1. The molecule has 1 atom stereocenters. The first-order valence-electron chi connectivity index (χ1n) is 11.8. The molecule has 0 fully saturated rings. The van der Waals surface area contributed by atoms with Gasteiger partial charge in [0.2, 0.25) is 0 Å². The predicted molar refractivity (Wildman–Crippen MR) is 134 cm³/mol. The summed E-state index contributed by atoms with van der Waals surface area (Å²) < 4.78 is 78.0. The van der Waals surface area contributed by atoms with Gasteiger partial charge in [-0.05, 0) is 38.1 Å². The number of amides is 2. The first-order valence-corrected chi connectivity index (χ1v) is 12.1. The molecule has 2 N–H and O–H groups in total. The van der Waals surface area contributed by atoms with E-state index >= 15 is 0 Å². The van der Waals surface area contributed by atoms with Crippen LogP contribution in [-0.2, 0) is 6.18 Å². The highest BCUT2D eigenvalue weighted by molar-refractivity contribution is 6.31. The molecule has 0 bridgehead atoms. The number of hydrazine groups is 1. The monoisotopic (exact) mass is 579 g/mol. The second-order valence-electron chi connectivity index (χ2n) is 8.34. The molecule has 0 unspecified atom stereocenters. The van der Waals surface area contributed by atoms with Crippen LogP contribution in [0.15, 0.2) is 42.7 Å². The maximum absolute atomic E-state index is 13.7. The van der Waals surface area contributed by atoms with Crippen molar-refractivity contribution in [2.24, 2.45) is 0 Å². The normalized spacial score (nSPS) is 12.1. The summed E-state index contributed by atoms with van der Waals surface area (Å²) in [6.45, 7) is 5.29. The maximum Gasteiger partial charge on any atom is 0.416 e. The van der Waals surface area contributed by atoms with Crippen molar-refractivity contribution in [1.29, 1.82) is 0 Å². The van der Waals surface area contributed by atoms with Crippen LogP contribution in [0.2, 0.25) is 5.02 Å². The van der Waals surface area contributed by atoms with Crippen molar-refractivity contribution in [3.8, 4) is 0 Å². The predicted octanol–water partition coefficient (Wildman–Crippen LogP) is 5.11. The molecule has 0 saturated heterocycles. The molecule has 39 heavy (non-hydrogen) atoms. The first-order chi connectivity index (χ1) is 18.3. The SMILES string of the molecule is C=C(CN[C@H](C)c1ncc(C(=O)N(CCF)CCF)cc1Cl)N(CC)NC(=O)c1cc(F)cc(C(F)(F)F)c1. The highest BCUT2D eigenvalue weighted by atomic mass is 35.5. The Morgan fingerprint density at radius 2 is 1.74 bits per heavy atom. The molecular formula is C25H28ClF6N5O2. The third kappa shape index (κ3) is 8.85. The number of aromatic nitrogens is 1. The van der Waals surface area contributed by atoms with Crippen molar-refractivity contribution in [1.82, 2.24) is 25.6 Å². The van der Waals surface area contributed by atoms with Crippen LogP contribution in [0.4, 0.5) is 26.3 Å². The number of nitrogens with one attached hydrogen (secondary N) is 2. The topological polar surface area (TPSA) is 77.6 Å². The van der Waals surface area contributed by atoms with Gasteiger partial charge in [-0.2, -0.15) is 13.2 Å². The number of carbonyl (C=O) groups is 2. The average molecular weight is 580 g/mol. The van der Waals surface area contributed by atoms with Gasteiger partial charge in [-0.1, -0.05) is 18.2 Å². The molecule has 0 aliphatic heterocycles. The molecule has 2 amide bonds. The van der Waals surface area contributed by atoms with Gasteiger partial charge in [-0.25, -0.2) is 13.2 Å². The molecule has 2 aromatic rings. The van der Waals surface area contributed by atoms with E-state index in [2.05, 4.69) is 22.3 Å². The molecule has 0 spiro atoms. The molecule has 7 nitrogen and oxygen atoms in total. The second kappa shape index (κ2) is 14.2. The molecule has 1 heterocycles. The Hall–Kier alpha value is -3.32. The van der Waals surface area contributed by atoms with E-state index < -0.39 is 54.3 Å². The highest BCUT2D eigenvalue weighted by Gasteiger charge is 2.32. The number of hydrogen-bond donors (Lipinski definition) is 2. The second-order valence-corrected chi connectivity index (χ2v) is 8.75. The van der Waals surface area contributed by atoms with Crippen LogP contribution in [0, 0.1) is 5.82 Å². The van der Waals surface area contributed by atoms with Gasteiger partial charge in [-0.15, -0.1) is 0 Å². The Bertz CT molecular complexity index is 1170. The third-order valence-electron chi connectivity index (χ3n) is 5.56. The van der Waals surface area contributed by atoms with Crippen molar-refractivity contribution in [3.05, 3.63) is 76.0 Å². The van der Waals surface area contributed by atoms with Crippen molar-refractivity contribution < 1.29 is 35.9 Å². The number of hydrogen-bond acceptors (Lipinski definition) is 5. The quantitative estimate of drug-likeness (QED) is 0.255. The van der Waals surface area contributed by atoms with Gasteiger partial charge in [0, 0.05) is 49.7 Å². The Morgan fingerprint density at radius 1 is 1.10 bits per heavy atom. The molecule has 1 aromatic carbocycles. The summed E-state index contributed by atoms with van der Waals surface area (Å²) in [5, 5.41) is 4.48. The summed E-state index contributed by atoms with van der Waals surface area (Å²) in [6, 6.07) is 2.39. The highest BCUT2D eigenvalue weighted by Crippen LogP contribution is 2.30. The van der Waals surface area contributed by atoms with E-state index in [0.717, 1.165) is 4.90 Å². The molecule has 0 saturated carbocycles. The number of alkyl halides is 5. The number of pyridine rings is 1. The van der Waals surface area contributed by atoms with Crippen LogP contribution in [0.5, 0.6) is 0 Å². The van der Waals surface area contributed by atoms with E-state index in [-0.39, 0.29) is 36.8 Å². The molecule has 1 aromatic heterocycles. The summed E-state index contributed by atoms with van der Waals surface area (Å²) >= 11 is 6.30. The van der Waals surface area contributed by atoms with Crippen molar-refractivity contribution in [2.45, 2.75) is 26.1 Å². The fourth-order valence-corrected chi connectivity index (χ4v) is 3.83. The fourth-order valence-electron chi connectivity index (χ4n) is 3.50. The molecule has 0 radical (unpaired) electrons. The lowest BCUT2D eigenvalue weighted by Crippen LogP contribution is -2.43. The zero-order valence-electron chi connectivity index (χ0n) is 21.2. The lowest BCUT2D eigenvalue weighted by molar-refractivity contribution is -0.137. The maximum atomic E-state index is 13.7. The van der Waals surface area contributed by atoms with Crippen LogP contribution >= 0.6 is 11.6 Å². The van der Waals surface area contributed by atoms with Crippen LogP contribution < -0.4 is 10.7 Å². The van der Waals surface area contributed by atoms with Crippen molar-refractivity contribution in [3.63, 3.8) is 0 Å². The standard InChI is InChI=1S/C25H28ClF6N5O2/c1-4-37(35-23(38)17-9-19(25(30,31)32)12-20(29)10-17)15(2)13-33-16(3)22-21(26)11-18(14-34-22)24(39)36(7-5-27)8-6-28/h9-12,14,16,33H,2,4-8,13H2,1,3H3,(H,35,38)/t16-/m1/s1. The Morgan fingerprint density at radius 3 is 2.28 bits per heavy atom. The number of likely N-dealkylation sites (N-methyl/N-ethyl adjacent to an activating group) is 1. The van der Waals surface area contributed by atoms with E-state index in [1.807, 2.05) is 0 Å². The largest absolute Gasteiger partial charge is 0.416 e. The number of carbonyl (C=O) groups excluding carboxylic acids is 2. The van der Waals surface area contributed by atoms with Gasteiger partial charge in [0.05, 0.1) is 21.8 Å². The minimum Gasteiger partial charge on any atom is -0.333 e. The summed E-state index contributed by atoms with van der Waals surface area (Å²) in [7, 11) is 0. The molecule has 0 aliphatic rings. The van der Waals surface area contributed by atoms with Crippen LogP contribution in [0.25, 0.3) is 0 Å². The molecule has 2 rings (SSSR count). The van der Waals surface area contributed by atoms with Gasteiger partial charge >= 0.3 is 6.18 Å². The first kappa shape index (κ1) is 31.9. The Balaban J connectivity index is 2.05. The van der Waals surface area contributed by atoms with Gasteiger partial charge < -0.3 is 10.2 Å². The van der Waals surface area contributed by atoms with Crippen molar-refractivity contribution >= 4 is 23.4 Å². The molecule has 14 heteroatoms. The van der Waals surface area contributed by atoms with Crippen molar-refractivity contribution in [2.75, 3.05) is 39.5 Å². The average Bonchev–Trinajstić information content (AvgIpc) is 2.88. The van der Waals surface area contributed by atoms with Crippen LogP contribution in [0.3, 0.4) is 0 Å². The molecule has 0 aliphatic carbocycles. The summed E-state index contributed by atoms with van der Waals surface area (Å²) in [6.07, 6.45) is -3.58. The van der Waals surface area contributed by atoms with Crippen LogP contribution in [-0.4, -0.2) is 66.2 Å². The summed E-state index contributed by atoms with van der Waals surface area (Å²) in [5.74, 6) is -2.78. The minimum absolute atomic E-state index is 0.0631. The summed E-state index contributed by atoms with van der Waals surface area (Å²) in [4.78, 5) is 30.2. The third-order valence-corrected chi connectivity index (χ3v) is 5.86. The number of rotatable bonds is 13. The van der Waals surface area contributed by atoms with E-state index in [1.54, 1.807) is 13.8 Å². The fraction of sp³-hybridized carbons (Fsp3) is 0.400. The number of halogens is 7. The minimum atomic E-state index is -4.83. The van der Waals surface area contributed by atoms with E-state index in [1.165, 1.54) is 17.3 Å². The lowest BCUT2D eigenvalue weighted by Gasteiger charge is -2.27. The van der Waals surface area contributed by atoms with Crippen LogP contribution in [0.1, 0.15) is 51.9 Å². The van der Waals surface area contributed by atoms with Gasteiger partial charge in [0.15, 0.2) is 0 Å².